The lowest BCUT2D eigenvalue weighted by atomic mass is 9.70. The summed E-state index contributed by atoms with van der Waals surface area (Å²) in [6.07, 6.45) is 5.16. The number of nitrogens with zero attached hydrogens (tertiary/aromatic N) is 1. The van der Waals surface area contributed by atoms with E-state index in [1.165, 1.54) is 0 Å². The molecule has 1 aliphatic rings. The average Bonchev–Trinajstić information content (AvgIpc) is 2.23. The Morgan fingerprint density at radius 3 is 2.69 bits per heavy atom. The van der Waals surface area contributed by atoms with Crippen LogP contribution in [-0.2, 0) is 10.3 Å². The smallest absolute Gasteiger partial charge is 0.235 e. The molecule has 0 N–H and O–H groups in total. The normalized spacial score (nSPS) is 17.1. The number of benzene rings is 1. The molecular formula is C13H13NO2. The number of aldehydes is 1. The molecule has 0 atom stereocenters. The molecule has 1 saturated carbocycles. The molecule has 3 heteroatoms. The van der Waals surface area contributed by atoms with Gasteiger partial charge in [0, 0.05) is 5.56 Å². The van der Waals surface area contributed by atoms with Crippen molar-refractivity contribution < 1.29 is 9.59 Å². The SMILES string of the molecule is Cc1ccc(C=O)c(C2(N=C=O)CCC2)c1. The van der Waals surface area contributed by atoms with Crippen LogP contribution in [0.1, 0.15) is 40.7 Å². The summed E-state index contributed by atoms with van der Waals surface area (Å²) in [5.74, 6) is 0. The van der Waals surface area contributed by atoms with Gasteiger partial charge in [-0.1, -0.05) is 23.8 Å². The Labute approximate surface area is 94.2 Å². The van der Waals surface area contributed by atoms with Crippen molar-refractivity contribution in [1.82, 2.24) is 0 Å². The summed E-state index contributed by atoms with van der Waals surface area (Å²) in [6.45, 7) is 1.97. The molecule has 2 rings (SSSR count). The minimum absolute atomic E-state index is 0.482. The number of aliphatic imine (C=N–C) groups is 1. The molecule has 0 saturated heterocycles. The summed E-state index contributed by atoms with van der Waals surface area (Å²) in [5, 5.41) is 0. The van der Waals surface area contributed by atoms with E-state index in [1.54, 1.807) is 12.1 Å². The lowest BCUT2D eigenvalue weighted by Crippen LogP contribution is -2.33. The first-order chi connectivity index (χ1) is 7.72. The Morgan fingerprint density at radius 1 is 1.44 bits per heavy atom. The van der Waals surface area contributed by atoms with Gasteiger partial charge in [0.1, 0.15) is 6.29 Å². The highest BCUT2D eigenvalue weighted by molar-refractivity contribution is 5.78. The Bertz CT molecular complexity index is 469. The van der Waals surface area contributed by atoms with E-state index in [4.69, 9.17) is 0 Å². The summed E-state index contributed by atoms with van der Waals surface area (Å²) in [4.78, 5) is 25.4. The molecule has 1 aromatic rings. The van der Waals surface area contributed by atoms with Crippen LogP contribution in [0.5, 0.6) is 0 Å². The van der Waals surface area contributed by atoms with E-state index in [-0.39, 0.29) is 0 Å². The Balaban J connectivity index is 2.56. The monoisotopic (exact) mass is 215 g/mol. The van der Waals surface area contributed by atoms with E-state index < -0.39 is 5.54 Å². The zero-order valence-corrected chi connectivity index (χ0v) is 9.19. The molecule has 0 unspecified atom stereocenters. The molecule has 0 heterocycles. The molecule has 0 radical (unpaired) electrons. The van der Waals surface area contributed by atoms with Crippen molar-refractivity contribution >= 4 is 12.4 Å². The van der Waals surface area contributed by atoms with Crippen LogP contribution in [0.2, 0.25) is 0 Å². The number of aryl methyl sites for hydroxylation is 1. The standard InChI is InChI=1S/C13H13NO2/c1-10-3-4-11(8-15)12(7-10)13(14-9-16)5-2-6-13/h3-4,7-8H,2,5-6H2,1H3. The zero-order chi connectivity index (χ0) is 11.6. The van der Waals surface area contributed by atoms with Crippen molar-refractivity contribution in [3.63, 3.8) is 0 Å². The molecule has 0 bridgehead atoms. The maximum absolute atomic E-state index is 11.0. The van der Waals surface area contributed by atoms with Gasteiger partial charge in [0.05, 0.1) is 5.54 Å². The minimum atomic E-state index is -0.482. The highest BCUT2D eigenvalue weighted by Gasteiger charge is 2.40. The number of hydrogen-bond acceptors (Lipinski definition) is 3. The predicted molar refractivity (Wildman–Crippen MR) is 60.2 cm³/mol. The fraction of sp³-hybridized carbons (Fsp3) is 0.385. The Morgan fingerprint density at radius 2 is 2.19 bits per heavy atom. The van der Waals surface area contributed by atoms with E-state index in [0.29, 0.717) is 5.56 Å². The van der Waals surface area contributed by atoms with Crippen molar-refractivity contribution in [2.24, 2.45) is 4.99 Å². The van der Waals surface area contributed by atoms with Crippen LogP contribution in [0.4, 0.5) is 0 Å². The summed E-state index contributed by atoms with van der Waals surface area (Å²) in [6, 6.07) is 5.63. The van der Waals surface area contributed by atoms with Gasteiger partial charge in [0.2, 0.25) is 6.08 Å². The first-order valence-corrected chi connectivity index (χ1v) is 5.37. The van der Waals surface area contributed by atoms with E-state index in [2.05, 4.69) is 4.99 Å². The number of isocyanates is 1. The van der Waals surface area contributed by atoms with Crippen LogP contribution in [0, 0.1) is 6.92 Å². The first-order valence-electron chi connectivity index (χ1n) is 5.37. The minimum Gasteiger partial charge on any atom is -0.298 e. The quantitative estimate of drug-likeness (QED) is 0.442. The van der Waals surface area contributed by atoms with Crippen molar-refractivity contribution in [3.8, 4) is 0 Å². The van der Waals surface area contributed by atoms with Crippen LogP contribution in [0.25, 0.3) is 0 Å². The average molecular weight is 215 g/mol. The van der Waals surface area contributed by atoms with Crippen LogP contribution in [0.3, 0.4) is 0 Å². The molecular weight excluding hydrogens is 202 g/mol. The van der Waals surface area contributed by atoms with E-state index >= 15 is 0 Å². The van der Waals surface area contributed by atoms with Crippen LogP contribution in [0.15, 0.2) is 23.2 Å². The molecule has 0 aromatic heterocycles. The summed E-state index contributed by atoms with van der Waals surface area (Å²) in [7, 11) is 0. The zero-order valence-electron chi connectivity index (χ0n) is 9.19. The third kappa shape index (κ3) is 1.59. The second-order valence-electron chi connectivity index (χ2n) is 4.30. The number of hydrogen-bond donors (Lipinski definition) is 0. The molecule has 0 amide bonds. The van der Waals surface area contributed by atoms with Gasteiger partial charge >= 0.3 is 0 Å². The van der Waals surface area contributed by atoms with Crippen molar-refractivity contribution in [2.45, 2.75) is 31.7 Å². The molecule has 1 aromatic carbocycles. The van der Waals surface area contributed by atoms with Gasteiger partial charge in [-0.2, -0.15) is 4.99 Å². The van der Waals surface area contributed by atoms with Crippen molar-refractivity contribution in [2.75, 3.05) is 0 Å². The second kappa shape index (κ2) is 4.03. The largest absolute Gasteiger partial charge is 0.298 e. The third-order valence-corrected chi connectivity index (χ3v) is 3.28. The molecule has 82 valence electrons. The topological polar surface area (TPSA) is 46.5 Å². The van der Waals surface area contributed by atoms with Crippen LogP contribution < -0.4 is 0 Å². The Hall–Kier alpha value is -1.73. The highest BCUT2D eigenvalue weighted by Crippen LogP contribution is 2.45. The van der Waals surface area contributed by atoms with Gasteiger partial charge in [0.15, 0.2) is 0 Å². The van der Waals surface area contributed by atoms with E-state index in [0.717, 1.165) is 36.7 Å². The maximum Gasteiger partial charge on any atom is 0.235 e. The molecule has 1 aliphatic carbocycles. The van der Waals surface area contributed by atoms with Gasteiger partial charge < -0.3 is 0 Å². The number of carbonyl (C=O) groups excluding carboxylic acids is 2. The molecule has 3 nitrogen and oxygen atoms in total. The van der Waals surface area contributed by atoms with Crippen molar-refractivity contribution in [1.29, 1.82) is 0 Å². The van der Waals surface area contributed by atoms with E-state index in [1.807, 2.05) is 19.1 Å². The summed E-state index contributed by atoms with van der Waals surface area (Å²) >= 11 is 0. The summed E-state index contributed by atoms with van der Waals surface area (Å²) in [5.41, 5.74) is 2.10. The maximum atomic E-state index is 11.0. The summed E-state index contributed by atoms with van der Waals surface area (Å²) < 4.78 is 0. The lowest BCUT2D eigenvalue weighted by Gasteiger charge is -2.38. The van der Waals surface area contributed by atoms with Gasteiger partial charge in [-0.15, -0.1) is 0 Å². The fourth-order valence-corrected chi connectivity index (χ4v) is 2.22. The van der Waals surface area contributed by atoms with Gasteiger partial charge in [-0.3, -0.25) is 4.79 Å². The molecule has 16 heavy (non-hydrogen) atoms. The molecule has 1 fully saturated rings. The van der Waals surface area contributed by atoms with E-state index in [9.17, 15) is 9.59 Å². The highest BCUT2D eigenvalue weighted by atomic mass is 16.1. The van der Waals surface area contributed by atoms with Gasteiger partial charge in [0.25, 0.3) is 0 Å². The number of carbonyl (C=O) groups is 1. The van der Waals surface area contributed by atoms with Gasteiger partial charge in [-0.25, -0.2) is 4.79 Å². The van der Waals surface area contributed by atoms with Gasteiger partial charge in [-0.05, 0) is 31.7 Å². The lowest BCUT2D eigenvalue weighted by molar-refractivity contribution is 0.111. The first kappa shape index (κ1) is 10.8. The third-order valence-electron chi connectivity index (χ3n) is 3.28. The molecule has 0 spiro atoms. The van der Waals surface area contributed by atoms with Crippen LogP contribution in [-0.4, -0.2) is 12.4 Å². The predicted octanol–water partition coefficient (Wildman–Crippen LogP) is 2.52. The van der Waals surface area contributed by atoms with Crippen LogP contribution >= 0.6 is 0 Å². The fourth-order valence-electron chi connectivity index (χ4n) is 2.22. The second-order valence-corrected chi connectivity index (χ2v) is 4.30. The Kier molecular flexibility index (Phi) is 2.71. The molecule has 0 aliphatic heterocycles. The number of rotatable bonds is 3. The van der Waals surface area contributed by atoms with Crippen molar-refractivity contribution in [3.05, 3.63) is 34.9 Å².